The average Bonchev–Trinajstić information content (AvgIpc) is 3.00. The summed E-state index contributed by atoms with van der Waals surface area (Å²) in [6.45, 7) is 0. The SMILES string of the molecule is N[C@@H](Cc1cc(F)cc(F)c1)c1ncccc1-c1ccc2c(c1)CC(=O)C2. The van der Waals surface area contributed by atoms with Crippen molar-refractivity contribution in [3.63, 3.8) is 0 Å². The summed E-state index contributed by atoms with van der Waals surface area (Å²) in [6.07, 6.45) is 2.86. The molecule has 0 aliphatic heterocycles. The number of benzene rings is 2. The van der Waals surface area contributed by atoms with Crippen molar-refractivity contribution in [2.45, 2.75) is 25.3 Å². The molecule has 1 atom stereocenters. The molecule has 0 saturated heterocycles. The molecular formula is C22H18F2N2O. The van der Waals surface area contributed by atoms with Crippen LogP contribution < -0.4 is 5.73 Å². The molecule has 0 radical (unpaired) electrons. The van der Waals surface area contributed by atoms with Gasteiger partial charge in [0, 0.05) is 30.7 Å². The first-order valence-electron chi connectivity index (χ1n) is 8.79. The summed E-state index contributed by atoms with van der Waals surface area (Å²) < 4.78 is 26.9. The molecule has 1 aliphatic carbocycles. The third kappa shape index (κ3) is 3.64. The van der Waals surface area contributed by atoms with Gasteiger partial charge in [0.15, 0.2) is 0 Å². The van der Waals surface area contributed by atoms with Gasteiger partial charge in [-0.15, -0.1) is 0 Å². The number of hydrogen-bond acceptors (Lipinski definition) is 3. The number of nitrogens with two attached hydrogens (primary N) is 1. The number of halogens is 2. The third-order valence-electron chi connectivity index (χ3n) is 4.86. The van der Waals surface area contributed by atoms with Crippen LogP contribution in [-0.4, -0.2) is 10.8 Å². The number of ketones is 1. The van der Waals surface area contributed by atoms with Crippen LogP contribution in [0.4, 0.5) is 8.78 Å². The lowest BCUT2D eigenvalue weighted by atomic mass is 9.94. The fourth-order valence-corrected chi connectivity index (χ4v) is 3.65. The summed E-state index contributed by atoms with van der Waals surface area (Å²) >= 11 is 0. The highest BCUT2D eigenvalue weighted by Crippen LogP contribution is 2.31. The van der Waals surface area contributed by atoms with Crippen molar-refractivity contribution in [1.29, 1.82) is 0 Å². The Kier molecular flexibility index (Phi) is 4.54. The first kappa shape index (κ1) is 17.5. The second-order valence-corrected chi connectivity index (χ2v) is 6.90. The molecular weight excluding hydrogens is 346 g/mol. The largest absolute Gasteiger partial charge is 0.322 e. The van der Waals surface area contributed by atoms with E-state index in [4.69, 9.17) is 5.73 Å². The first-order valence-corrected chi connectivity index (χ1v) is 8.79. The topological polar surface area (TPSA) is 56.0 Å². The molecule has 0 fully saturated rings. The molecule has 1 heterocycles. The number of fused-ring (bicyclic) bond motifs is 1. The molecule has 4 rings (SSSR count). The number of pyridine rings is 1. The minimum atomic E-state index is -0.623. The van der Waals surface area contributed by atoms with Crippen LogP contribution in [0, 0.1) is 11.6 Å². The van der Waals surface area contributed by atoms with Crippen molar-refractivity contribution >= 4 is 5.78 Å². The Hall–Kier alpha value is -2.92. The number of aromatic nitrogens is 1. The molecule has 0 saturated carbocycles. The Labute approximate surface area is 155 Å². The van der Waals surface area contributed by atoms with Crippen molar-refractivity contribution < 1.29 is 13.6 Å². The van der Waals surface area contributed by atoms with Crippen molar-refractivity contribution in [3.05, 3.63) is 88.7 Å². The lowest BCUT2D eigenvalue weighted by Crippen LogP contribution is -2.16. The van der Waals surface area contributed by atoms with E-state index in [0.717, 1.165) is 28.3 Å². The van der Waals surface area contributed by atoms with Gasteiger partial charge in [-0.2, -0.15) is 0 Å². The monoisotopic (exact) mass is 364 g/mol. The summed E-state index contributed by atoms with van der Waals surface area (Å²) in [6, 6.07) is 12.6. The van der Waals surface area contributed by atoms with E-state index in [2.05, 4.69) is 4.98 Å². The van der Waals surface area contributed by atoms with Gasteiger partial charge in [-0.3, -0.25) is 9.78 Å². The standard InChI is InChI=1S/C22H18F2N2O/c23-17-6-13(7-18(24)12-17)8-21(25)22-20(2-1-5-26-22)15-4-3-14-10-19(27)11-16(14)9-15/h1-7,9,12,21H,8,10-11,25H2/t21-/m0/s1. The fraction of sp³-hybridized carbons (Fsp3) is 0.182. The molecule has 27 heavy (non-hydrogen) atoms. The van der Waals surface area contributed by atoms with Gasteiger partial charge in [-0.05, 0) is 46.9 Å². The quantitative estimate of drug-likeness (QED) is 0.763. The number of carbonyl (C=O) groups is 1. The van der Waals surface area contributed by atoms with Crippen LogP contribution in [-0.2, 0) is 24.1 Å². The summed E-state index contributed by atoms with van der Waals surface area (Å²) in [4.78, 5) is 16.1. The van der Waals surface area contributed by atoms with Crippen LogP contribution >= 0.6 is 0 Å². The van der Waals surface area contributed by atoms with E-state index in [1.54, 1.807) is 6.20 Å². The average molecular weight is 364 g/mol. The maximum atomic E-state index is 13.5. The highest BCUT2D eigenvalue weighted by atomic mass is 19.1. The highest BCUT2D eigenvalue weighted by molar-refractivity contribution is 5.88. The Bertz CT molecular complexity index is 1010. The molecule has 0 spiro atoms. The van der Waals surface area contributed by atoms with Crippen LogP contribution in [0.15, 0.2) is 54.7 Å². The number of Topliss-reactive ketones (excluding diaryl/α,β-unsaturated/α-hetero) is 1. The lowest BCUT2D eigenvalue weighted by molar-refractivity contribution is -0.117. The molecule has 1 aliphatic rings. The fourth-order valence-electron chi connectivity index (χ4n) is 3.65. The van der Waals surface area contributed by atoms with Gasteiger partial charge >= 0.3 is 0 Å². The number of hydrogen-bond donors (Lipinski definition) is 1. The number of carbonyl (C=O) groups excluding carboxylic acids is 1. The second-order valence-electron chi connectivity index (χ2n) is 6.90. The summed E-state index contributed by atoms with van der Waals surface area (Å²) in [5.74, 6) is -1.03. The van der Waals surface area contributed by atoms with E-state index in [-0.39, 0.29) is 12.2 Å². The lowest BCUT2D eigenvalue weighted by Gasteiger charge is -2.16. The molecule has 136 valence electrons. The predicted octanol–water partition coefficient (Wildman–Crippen LogP) is 3.94. The molecule has 3 aromatic rings. The van der Waals surface area contributed by atoms with Gasteiger partial charge in [-0.1, -0.05) is 24.3 Å². The Morgan fingerprint density at radius 3 is 2.52 bits per heavy atom. The van der Waals surface area contributed by atoms with Gasteiger partial charge in [-0.25, -0.2) is 8.78 Å². The van der Waals surface area contributed by atoms with E-state index >= 15 is 0 Å². The minimum Gasteiger partial charge on any atom is -0.322 e. The Morgan fingerprint density at radius 2 is 1.74 bits per heavy atom. The van der Waals surface area contributed by atoms with Crippen LogP contribution in [0.3, 0.4) is 0 Å². The highest BCUT2D eigenvalue weighted by Gasteiger charge is 2.20. The minimum absolute atomic E-state index is 0.221. The molecule has 2 N–H and O–H groups in total. The van der Waals surface area contributed by atoms with E-state index in [1.165, 1.54) is 12.1 Å². The van der Waals surface area contributed by atoms with Gasteiger partial charge in [0.2, 0.25) is 0 Å². The predicted molar refractivity (Wildman–Crippen MR) is 99.1 cm³/mol. The Balaban J connectivity index is 1.67. The van der Waals surface area contributed by atoms with Crippen LogP contribution in [0.25, 0.3) is 11.1 Å². The zero-order valence-corrected chi connectivity index (χ0v) is 14.6. The molecule has 0 bridgehead atoms. The molecule has 2 aromatic carbocycles. The Morgan fingerprint density at radius 1 is 1.00 bits per heavy atom. The number of nitrogens with zero attached hydrogens (tertiary/aromatic N) is 1. The van der Waals surface area contributed by atoms with Crippen molar-refractivity contribution in [2.75, 3.05) is 0 Å². The molecule has 3 nitrogen and oxygen atoms in total. The van der Waals surface area contributed by atoms with Gasteiger partial charge in [0.1, 0.15) is 17.4 Å². The first-order chi connectivity index (χ1) is 13.0. The van der Waals surface area contributed by atoms with Crippen molar-refractivity contribution in [2.24, 2.45) is 5.73 Å². The molecule has 0 amide bonds. The van der Waals surface area contributed by atoms with E-state index in [0.29, 0.717) is 24.1 Å². The van der Waals surface area contributed by atoms with E-state index in [1.807, 2.05) is 30.3 Å². The summed E-state index contributed by atoms with van der Waals surface area (Å²) in [5.41, 5.74) is 11.4. The maximum Gasteiger partial charge on any atom is 0.141 e. The van der Waals surface area contributed by atoms with Gasteiger partial charge < -0.3 is 5.73 Å². The normalized spacial score (nSPS) is 14.3. The van der Waals surface area contributed by atoms with Gasteiger partial charge in [0.05, 0.1) is 11.7 Å². The summed E-state index contributed by atoms with van der Waals surface area (Å²) in [7, 11) is 0. The third-order valence-corrected chi connectivity index (χ3v) is 4.86. The molecule has 1 aromatic heterocycles. The van der Waals surface area contributed by atoms with Crippen LogP contribution in [0.5, 0.6) is 0 Å². The van der Waals surface area contributed by atoms with Crippen LogP contribution in [0.1, 0.15) is 28.4 Å². The second kappa shape index (κ2) is 7.00. The zero-order valence-electron chi connectivity index (χ0n) is 14.6. The van der Waals surface area contributed by atoms with Crippen molar-refractivity contribution in [3.8, 4) is 11.1 Å². The molecule has 5 heteroatoms. The van der Waals surface area contributed by atoms with E-state index in [9.17, 15) is 13.6 Å². The van der Waals surface area contributed by atoms with Crippen LogP contribution in [0.2, 0.25) is 0 Å². The number of rotatable bonds is 4. The van der Waals surface area contributed by atoms with E-state index < -0.39 is 17.7 Å². The van der Waals surface area contributed by atoms with Crippen molar-refractivity contribution in [1.82, 2.24) is 4.98 Å². The van der Waals surface area contributed by atoms with Gasteiger partial charge in [0.25, 0.3) is 0 Å². The zero-order chi connectivity index (χ0) is 19.0. The summed E-state index contributed by atoms with van der Waals surface area (Å²) in [5, 5.41) is 0. The maximum absolute atomic E-state index is 13.5. The molecule has 0 unspecified atom stereocenters. The smallest absolute Gasteiger partial charge is 0.141 e.